The van der Waals surface area contributed by atoms with Gasteiger partial charge in [0.25, 0.3) is 5.91 Å². The number of carbonyl (C=O) groups is 1. The summed E-state index contributed by atoms with van der Waals surface area (Å²) in [6.45, 7) is 0. The fourth-order valence-corrected chi connectivity index (χ4v) is 2.04. The van der Waals surface area contributed by atoms with Crippen LogP contribution in [-0.4, -0.2) is 17.2 Å². The average Bonchev–Trinajstić information content (AvgIpc) is 2.53. The third-order valence-corrected chi connectivity index (χ3v) is 3.39. The normalized spacial score (nSPS) is 12.2. The van der Waals surface area contributed by atoms with E-state index in [1.54, 1.807) is 12.1 Å². The summed E-state index contributed by atoms with van der Waals surface area (Å²) in [4.78, 5) is 15.5. The van der Waals surface area contributed by atoms with Crippen LogP contribution in [0.1, 0.15) is 11.1 Å². The lowest BCUT2D eigenvalue weighted by molar-refractivity contribution is -0.114. The number of nitrogen functional groups attached to an aromatic ring is 1. The van der Waals surface area contributed by atoms with E-state index in [4.69, 9.17) is 28.8 Å². The molecule has 6 nitrogen and oxygen atoms in total. The number of nitrogens with two attached hydrogens (primary N) is 3. The van der Waals surface area contributed by atoms with Crippen LogP contribution >= 0.6 is 11.6 Å². The average molecular weight is 349 g/mol. The van der Waals surface area contributed by atoms with Crippen LogP contribution in [0.5, 0.6) is 5.75 Å². The molecule has 124 valence electrons. The van der Waals surface area contributed by atoms with Crippen molar-refractivity contribution in [3.63, 3.8) is 0 Å². The monoisotopic (exact) mass is 348 g/mol. The summed E-state index contributed by atoms with van der Waals surface area (Å²) in [6.07, 6.45) is 1.37. The molecule has 7 N–H and O–H groups in total. The first-order valence-electron chi connectivity index (χ1n) is 6.67. The number of phenols is 1. The minimum atomic E-state index is -0.928. The number of halogens is 2. The SMILES string of the molecule is NC(=O)/C(N)=C(\N=Cc1ccc(O)cc1)c1cc(F)c(Cl)cc1N. The van der Waals surface area contributed by atoms with E-state index >= 15 is 0 Å². The first kappa shape index (κ1) is 17.3. The highest BCUT2D eigenvalue weighted by atomic mass is 35.5. The molecule has 2 rings (SSSR count). The van der Waals surface area contributed by atoms with E-state index in [1.807, 2.05) is 0 Å². The van der Waals surface area contributed by atoms with Gasteiger partial charge in [-0.25, -0.2) is 4.39 Å². The Bertz CT molecular complexity index is 848. The highest BCUT2D eigenvalue weighted by molar-refractivity contribution is 6.31. The molecule has 24 heavy (non-hydrogen) atoms. The summed E-state index contributed by atoms with van der Waals surface area (Å²) in [5.74, 6) is -1.58. The quantitative estimate of drug-likeness (QED) is 0.382. The van der Waals surface area contributed by atoms with Gasteiger partial charge in [-0.3, -0.25) is 9.79 Å². The summed E-state index contributed by atoms with van der Waals surface area (Å²) in [5.41, 5.74) is 17.0. The van der Waals surface area contributed by atoms with Crippen molar-refractivity contribution >= 4 is 35.1 Å². The van der Waals surface area contributed by atoms with Gasteiger partial charge in [0.15, 0.2) is 0 Å². The van der Waals surface area contributed by atoms with Crippen molar-refractivity contribution in [1.29, 1.82) is 0 Å². The van der Waals surface area contributed by atoms with Crippen molar-refractivity contribution in [1.82, 2.24) is 0 Å². The van der Waals surface area contributed by atoms with E-state index in [2.05, 4.69) is 4.99 Å². The fraction of sp³-hybridized carbons (Fsp3) is 0. The van der Waals surface area contributed by atoms with Gasteiger partial charge in [0.1, 0.15) is 23.0 Å². The van der Waals surface area contributed by atoms with Crippen LogP contribution in [0, 0.1) is 5.82 Å². The van der Waals surface area contributed by atoms with Gasteiger partial charge in [0, 0.05) is 17.5 Å². The molecule has 0 spiro atoms. The Morgan fingerprint density at radius 2 is 1.83 bits per heavy atom. The van der Waals surface area contributed by atoms with Gasteiger partial charge < -0.3 is 22.3 Å². The summed E-state index contributed by atoms with van der Waals surface area (Å²) < 4.78 is 13.7. The van der Waals surface area contributed by atoms with E-state index in [1.165, 1.54) is 24.4 Å². The van der Waals surface area contributed by atoms with Crippen LogP contribution in [0.4, 0.5) is 10.1 Å². The van der Waals surface area contributed by atoms with Crippen LogP contribution in [0.15, 0.2) is 47.1 Å². The molecule has 0 aliphatic carbocycles. The lowest BCUT2D eigenvalue weighted by atomic mass is 10.1. The number of aromatic hydroxyl groups is 1. The van der Waals surface area contributed by atoms with E-state index in [-0.39, 0.29) is 33.4 Å². The summed E-state index contributed by atoms with van der Waals surface area (Å²) in [5, 5.41) is 9.09. The second-order valence-electron chi connectivity index (χ2n) is 4.83. The third kappa shape index (κ3) is 3.82. The van der Waals surface area contributed by atoms with Gasteiger partial charge in [-0.1, -0.05) is 11.6 Å². The highest BCUT2D eigenvalue weighted by Crippen LogP contribution is 2.29. The van der Waals surface area contributed by atoms with Crippen LogP contribution in [0.25, 0.3) is 5.70 Å². The van der Waals surface area contributed by atoms with Gasteiger partial charge in [-0.2, -0.15) is 0 Å². The predicted molar refractivity (Wildman–Crippen MR) is 91.8 cm³/mol. The molecule has 8 heteroatoms. The van der Waals surface area contributed by atoms with Crippen molar-refractivity contribution in [2.24, 2.45) is 16.5 Å². The molecule has 0 fully saturated rings. The second-order valence-corrected chi connectivity index (χ2v) is 5.24. The van der Waals surface area contributed by atoms with E-state index in [9.17, 15) is 14.3 Å². The molecule has 1 amide bonds. The van der Waals surface area contributed by atoms with Crippen LogP contribution in [0.3, 0.4) is 0 Å². The number of phenolic OH excluding ortho intramolecular Hbond substituents is 1. The maximum Gasteiger partial charge on any atom is 0.266 e. The maximum atomic E-state index is 13.7. The number of primary amides is 1. The summed E-state index contributed by atoms with van der Waals surface area (Å²) in [7, 11) is 0. The second kappa shape index (κ2) is 7.01. The fourth-order valence-electron chi connectivity index (χ4n) is 1.87. The minimum absolute atomic E-state index is 0.0800. The van der Waals surface area contributed by atoms with E-state index in [0.29, 0.717) is 5.56 Å². The number of carbonyl (C=O) groups excluding carboxylic acids is 1. The molecule has 2 aromatic carbocycles. The molecule has 0 aromatic heterocycles. The lowest BCUT2D eigenvalue weighted by Crippen LogP contribution is -2.22. The lowest BCUT2D eigenvalue weighted by Gasteiger charge is -2.10. The molecule has 0 saturated heterocycles. The van der Waals surface area contributed by atoms with Gasteiger partial charge >= 0.3 is 0 Å². The topological polar surface area (TPSA) is 128 Å². The number of nitrogens with zero attached hydrogens (tertiary/aromatic N) is 1. The van der Waals surface area contributed by atoms with E-state index < -0.39 is 11.7 Å². The zero-order chi connectivity index (χ0) is 17.9. The van der Waals surface area contributed by atoms with Crippen LogP contribution in [-0.2, 0) is 4.79 Å². The largest absolute Gasteiger partial charge is 0.508 e. The Labute approximate surface area is 142 Å². The van der Waals surface area contributed by atoms with Crippen LogP contribution in [0.2, 0.25) is 5.02 Å². The molecule has 0 aliphatic heterocycles. The Morgan fingerprint density at radius 1 is 1.21 bits per heavy atom. The van der Waals surface area contributed by atoms with Crippen molar-refractivity contribution in [3.05, 3.63) is 64.1 Å². The van der Waals surface area contributed by atoms with Crippen molar-refractivity contribution in [2.75, 3.05) is 5.73 Å². The van der Waals surface area contributed by atoms with Gasteiger partial charge in [0.05, 0.1) is 5.02 Å². The zero-order valence-electron chi connectivity index (χ0n) is 12.3. The molecule has 0 bridgehead atoms. The van der Waals surface area contributed by atoms with Crippen molar-refractivity contribution < 1.29 is 14.3 Å². The Balaban J connectivity index is 2.55. The minimum Gasteiger partial charge on any atom is -0.508 e. The molecular formula is C16H14ClFN4O2. The third-order valence-electron chi connectivity index (χ3n) is 3.10. The number of benzene rings is 2. The number of hydrogen-bond donors (Lipinski definition) is 4. The predicted octanol–water partition coefficient (Wildman–Crippen LogP) is 2.00. The maximum absolute atomic E-state index is 13.7. The standard InChI is InChI=1S/C16H14ClFN4O2/c17-11-6-13(19)10(5-12(11)18)15(14(20)16(21)24)22-7-8-1-3-9(23)4-2-8/h1-7,23H,19-20H2,(H2,21,24)/b15-14+,22-7?. The summed E-state index contributed by atoms with van der Waals surface area (Å²) in [6, 6.07) is 8.30. The molecule has 0 radical (unpaired) electrons. The molecular weight excluding hydrogens is 335 g/mol. The number of anilines is 1. The van der Waals surface area contributed by atoms with Crippen molar-refractivity contribution in [2.45, 2.75) is 0 Å². The molecule has 0 unspecified atom stereocenters. The van der Waals surface area contributed by atoms with Gasteiger partial charge in [-0.05, 0) is 42.0 Å². The number of rotatable bonds is 4. The number of amides is 1. The Morgan fingerprint density at radius 3 is 2.42 bits per heavy atom. The number of aliphatic imine (C=N–C) groups is 1. The molecule has 0 heterocycles. The molecule has 0 atom stereocenters. The first-order chi connectivity index (χ1) is 11.3. The molecule has 0 aliphatic rings. The number of hydrogen-bond acceptors (Lipinski definition) is 5. The van der Waals surface area contributed by atoms with Crippen LogP contribution < -0.4 is 17.2 Å². The summed E-state index contributed by atoms with van der Waals surface area (Å²) >= 11 is 5.66. The molecule has 2 aromatic rings. The molecule has 0 saturated carbocycles. The first-order valence-corrected chi connectivity index (χ1v) is 7.05. The Hall–Kier alpha value is -3.06. The Kier molecular flexibility index (Phi) is 5.05. The zero-order valence-corrected chi connectivity index (χ0v) is 13.1. The van der Waals surface area contributed by atoms with E-state index in [0.717, 1.165) is 6.07 Å². The smallest absolute Gasteiger partial charge is 0.266 e. The van der Waals surface area contributed by atoms with Gasteiger partial charge in [-0.15, -0.1) is 0 Å². The van der Waals surface area contributed by atoms with Gasteiger partial charge in [0.2, 0.25) is 0 Å². The highest BCUT2D eigenvalue weighted by Gasteiger charge is 2.15. The van der Waals surface area contributed by atoms with Crippen molar-refractivity contribution in [3.8, 4) is 5.75 Å².